The van der Waals surface area contributed by atoms with Gasteiger partial charge in [-0.1, -0.05) is 25.5 Å². The summed E-state index contributed by atoms with van der Waals surface area (Å²) in [4.78, 5) is 37.4. The zero-order valence-electron chi connectivity index (χ0n) is 16.3. The number of urea groups is 1. The number of benzene rings is 1. The summed E-state index contributed by atoms with van der Waals surface area (Å²) >= 11 is 0. The summed E-state index contributed by atoms with van der Waals surface area (Å²) in [6, 6.07) is 9.39. The van der Waals surface area contributed by atoms with Crippen LogP contribution in [0.15, 0.2) is 36.5 Å². The number of carbonyl (C=O) groups is 2. The van der Waals surface area contributed by atoms with E-state index in [-0.39, 0.29) is 12.1 Å². The van der Waals surface area contributed by atoms with Gasteiger partial charge >= 0.3 is 6.03 Å². The van der Waals surface area contributed by atoms with Crippen molar-refractivity contribution in [3.63, 3.8) is 0 Å². The Morgan fingerprint density at radius 3 is 2.72 bits per heavy atom. The van der Waals surface area contributed by atoms with Crippen LogP contribution < -0.4 is 15.5 Å². The number of aromatic amines is 1. The molecule has 29 heavy (non-hydrogen) atoms. The lowest BCUT2D eigenvalue weighted by atomic mass is 10.1. The minimum absolute atomic E-state index is 0.186. The molecule has 8 heteroatoms. The number of H-pyrrole nitrogens is 1. The highest BCUT2D eigenvalue weighted by atomic mass is 16.2. The number of aromatic nitrogens is 3. The average molecular weight is 392 g/mol. The van der Waals surface area contributed by atoms with Crippen LogP contribution in [0.2, 0.25) is 0 Å². The fraction of sp³-hybridized carbons (Fsp3) is 0.333. The van der Waals surface area contributed by atoms with Crippen LogP contribution in [0, 0.1) is 0 Å². The van der Waals surface area contributed by atoms with E-state index < -0.39 is 0 Å². The molecule has 3 aromatic rings. The summed E-state index contributed by atoms with van der Waals surface area (Å²) in [5, 5.41) is 6.54. The molecule has 3 amide bonds. The van der Waals surface area contributed by atoms with E-state index in [1.807, 2.05) is 36.5 Å². The standard InChI is InChI=1S/C21H24N6O2/c1-2-3-11-23-21(29)24-15-6-4-14(5-7-15)18-17-10-12-22-19(17)26-20(25-18)27(13-28)16-8-9-16/h4-7,10,12-13,16H,2-3,8-9,11H2,1H3,(H,22,25,26)(H2,23,24,29). The van der Waals surface area contributed by atoms with Crippen molar-refractivity contribution in [1.29, 1.82) is 0 Å². The Morgan fingerprint density at radius 2 is 2.03 bits per heavy atom. The Morgan fingerprint density at radius 1 is 1.24 bits per heavy atom. The fourth-order valence-electron chi connectivity index (χ4n) is 3.18. The summed E-state index contributed by atoms with van der Waals surface area (Å²) < 4.78 is 0. The van der Waals surface area contributed by atoms with Crippen molar-refractivity contribution in [2.75, 3.05) is 16.8 Å². The fourth-order valence-corrected chi connectivity index (χ4v) is 3.18. The molecule has 0 radical (unpaired) electrons. The van der Waals surface area contributed by atoms with Crippen molar-refractivity contribution in [1.82, 2.24) is 20.3 Å². The van der Waals surface area contributed by atoms with Gasteiger partial charge < -0.3 is 15.6 Å². The predicted octanol–water partition coefficient (Wildman–Crippen LogP) is 3.67. The second-order valence-electron chi connectivity index (χ2n) is 7.17. The molecule has 0 saturated heterocycles. The van der Waals surface area contributed by atoms with Crippen LogP contribution in [0.4, 0.5) is 16.4 Å². The summed E-state index contributed by atoms with van der Waals surface area (Å²) in [6.45, 7) is 2.74. The van der Waals surface area contributed by atoms with Crippen LogP contribution in [-0.4, -0.2) is 40.0 Å². The van der Waals surface area contributed by atoms with Gasteiger partial charge in [-0.15, -0.1) is 0 Å². The molecule has 1 aromatic carbocycles. The number of fused-ring (bicyclic) bond motifs is 1. The molecule has 2 heterocycles. The van der Waals surface area contributed by atoms with E-state index in [1.54, 1.807) is 4.90 Å². The molecule has 1 fully saturated rings. The van der Waals surface area contributed by atoms with Crippen LogP contribution in [0.5, 0.6) is 0 Å². The van der Waals surface area contributed by atoms with Crippen molar-refractivity contribution in [2.24, 2.45) is 0 Å². The Labute approximate surface area is 168 Å². The summed E-state index contributed by atoms with van der Waals surface area (Å²) in [5.41, 5.74) is 3.03. The van der Waals surface area contributed by atoms with E-state index in [0.717, 1.165) is 48.7 Å². The van der Waals surface area contributed by atoms with Gasteiger partial charge in [0.25, 0.3) is 0 Å². The molecule has 0 aliphatic heterocycles. The molecule has 8 nitrogen and oxygen atoms in total. The molecule has 150 valence electrons. The van der Waals surface area contributed by atoms with Crippen molar-refractivity contribution in [3.05, 3.63) is 36.5 Å². The Bertz CT molecular complexity index is 1010. The third kappa shape index (κ3) is 4.21. The Kier molecular flexibility index (Phi) is 5.41. The normalized spacial score (nSPS) is 13.3. The van der Waals surface area contributed by atoms with Gasteiger partial charge in [-0.25, -0.2) is 9.78 Å². The topological polar surface area (TPSA) is 103 Å². The van der Waals surface area contributed by atoms with Gasteiger partial charge in [-0.2, -0.15) is 4.98 Å². The molecule has 1 aliphatic carbocycles. The SMILES string of the molecule is CCCCNC(=O)Nc1ccc(-c2nc(N(C=O)C3CC3)nc3[nH]ccc23)cc1. The first kappa shape index (κ1) is 18.9. The van der Waals surface area contributed by atoms with Crippen LogP contribution in [0.25, 0.3) is 22.3 Å². The van der Waals surface area contributed by atoms with Gasteiger partial charge in [0.2, 0.25) is 12.4 Å². The number of nitrogens with zero attached hydrogens (tertiary/aromatic N) is 3. The first-order valence-electron chi connectivity index (χ1n) is 9.93. The van der Waals surface area contributed by atoms with Crippen LogP contribution in [0.3, 0.4) is 0 Å². The molecule has 3 N–H and O–H groups in total. The number of rotatable bonds is 8. The van der Waals surface area contributed by atoms with Gasteiger partial charge in [0.05, 0.1) is 5.69 Å². The number of hydrogen-bond donors (Lipinski definition) is 3. The minimum atomic E-state index is -0.213. The second-order valence-corrected chi connectivity index (χ2v) is 7.17. The van der Waals surface area contributed by atoms with E-state index in [2.05, 4.69) is 32.5 Å². The highest BCUT2D eigenvalue weighted by Crippen LogP contribution is 2.32. The van der Waals surface area contributed by atoms with E-state index in [4.69, 9.17) is 0 Å². The van der Waals surface area contributed by atoms with E-state index in [1.165, 1.54) is 0 Å². The first-order chi connectivity index (χ1) is 14.2. The maximum absolute atomic E-state index is 11.9. The largest absolute Gasteiger partial charge is 0.346 e. The Hall–Kier alpha value is -3.42. The molecule has 0 bridgehead atoms. The van der Waals surface area contributed by atoms with E-state index in [0.29, 0.717) is 23.8 Å². The molecule has 0 spiro atoms. The van der Waals surface area contributed by atoms with Gasteiger partial charge in [0.15, 0.2) is 0 Å². The van der Waals surface area contributed by atoms with Gasteiger partial charge in [0, 0.05) is 35.4 Å². The van der Waals surface area contributed by atoms with E-state index >= 15 is 0 Å². The molecule has 4 rings (SSSR count). The highest BCUT2D eigenvalue weighted by molar-refractivity contribution is 5.93. The van der Waals surface area contributed by atoms with Gasteiger partial charge in [-0.3, -0.25) is 9.69 Å². The van der Waals surface area contributed by atoms with Crippen LogP contribution >= 0.6 is 0 Å². The summed E-state index contributed by atoms with van der Waals surface area (Å²) in [7, 11) is 0. The third-order valence-corrected chi connectivity index (χ3v) is 4.92. The second kappa shape index (κ2) is 8.30. The molecule has 1 saturated carbocycles. The van der Waals surface area contributed by atoms with Crippen molar-refractivity contribution < 1.29 is 9.59 Å². The third-order valence-electron chi connectivity index (χ3n) is 4.92. The number of hydrogen-bond acceptors (Lipinski definition) is 4. The van der Waals surface area contributed by atoms with Gasteiger partial charge in [0.1, 0.15) is 5.65 Å². The summed E-state index contributed by atoms with van der Waals surface area (Å²) in [5.74, 6) is 0.407. The maximum Gasteiger partial charge on any atom is 0.319 e. The van der Waals surface area contributed by atoms with Crippen molar-refractivity contribution in [3.8, 4) is 11.3 Å². The monoisotopic (exact) mass is 392 g/mol. The number of nitrogens with one attached hydrogen (secondary N) is 3. The van der Waals surface area contributed by atoms with Crippen molar-refractivity contribution >= 4 is 35.1 Å². The number of anilines is 2. The molecule has 0 unspecified atom stereocenters. The maximum atomic E-state index is 11.9. The van der Waals surface area contributed by atoms with Crippen molar-refractivity contribution in [2.45, 2.75) is 38.6 Å². The first-order valence-corrected chi connectivity index (χ1v) is 9.93. The lowest BCUT2D eigenvalue weighted by Gasteiger charge is -2.15. The smallest absolute Gasteiger partial charge is 0.319 e. The number of carbonyl (C=O) groups excluding carboxylic acids is 2. The molecular formula is C21H24N6O2. The number of unbranched alkanes of at least 4 members (excludes halogenated alkanes) is 1. The van der Waals surface area contributed by atoms with E-state index in [9.17, 15) is 9.59 Å². The quantitative estimate of drug-likeness (QED) is 0.402. The predicted molar refractivity (Wildman–Crippen MR) is 113 cm³/mol. The lowest BCUT2D eigenvalue weighted by Crippen LogP contribution is -2.29. The zero-order valence-corrected chi connectivity index (χ0v) is 16.3. The molecule has 0 atom stereocenters. The highest BCUT2D eigenvalue weighted by Gasteiger charge is 2.31. The summed E-state index contributed by atoms with van der Waals surface area (Å²) in [6.07, 6.45) is 6.54. The minimum Gasteiger partial charge on any atom is -0.346 e. The van der Waals surface area contributed by atoms with Gasteiger partial charge in [-0.05, 0) is 37.5 Å². The Balaban J connectivity index is 1.58. The zero-order chi connectivity index (χ0) is 20.2. The average Bonchev–Trinajstić information content (AvgIpc) is 3.44. The lowest BCUT2D eigenvalue weighted by molar-refractivity contribution is -0.107. The molecule has 2 aromatic heterocycles. The number of amides is 3. The van der Waals surface area contributed by atoms with Crippen LogP contribution in [-0.2, 0) is 4.79 Å². The molecular weight excluding hydrogens is 368 g/mol. The van der Waals surface area contributed by atoms with Crippen LogP contribution in [0.1, 0.15) is 32.6 Å². The molecule has 1 aliphatic rings.